The molecule has 3 atom stereocenters. The molecule has 11 nitrogen and oxygen atoms in total. The van der Waals surface area contributed by atoms with E-state index in [1.165, 1.54) is 17.1 Å². The second-order valence-electron chi connectivity index (χ2n) is 8.14. The maximum atomic E-state index is 12.6. The number of carbonyl (C=O) groups is 1. The molecule has 0 spiro atoms. The number of rotatable bonds is 5. The molecule has 36 heavy (non-hydrogen) atoms. The monoisotopic (exact) mass is 521 g/mol. The molecule has 1 fully saturated rings. The van der Waals surface area contributed by atoms with Crippen molar-refractivity contribution in [3.8, 4) is 11.3 Å². The van der Waals surface area contributed by atoms with Crippen molar-refractivity contribution < 1.29 is 18.5 Å². The molecule has 1 saturated heterocycles. The van der Waals surface area contributed by atoms with E-state index in [2.05, 4.69) is 15.0 Å². The number of aromatic nitrogens is 5. The van der Waals surface area contributed by atoms with E-state index in [9.17, 15) is 9.35 Å². The summed E-state index contributed by atoms with van der Waals surface area (Å²) in [4.78, 5) is 25.4. The van der Waals surface area contributed by atoms with Crippen molar-refractivity contribution in [2.45, 2.75) is 17.9 Å². The third-order valence-electron chi connectivity index (χ3n) is 5.80. The van der Waals surface area contributed by atoms with E-state index in [0.29, 0.717) is 39.9 Å². The number of fused-ring (bicyclic) bond motifs is 2. The standard InChI is InChI=1S/C23H19N7O4S2/c24-20-18-19(13-6-7-15-14(8-13)28-23(25)34-15)29-30(21(18)27-11-26-20)9-17-16(10-36(32)35-17)33-22(31)12-4-2-1-3-5-12/h1-8,11,16-17H,9-10H2,(H2,25,28)(H2,24,26,27). The highest BCUT2D eigenvalue weighted by molar-refractivity contribution is 8.72. The predicted octanol–water partition coefficient (Wildman–Crippen LogP) is 2.80. The topological polar surface area (TPSA) is 171 Å². The van der Waals surface area contributed by atoms with Crippen LogP contribution in [0.2, 0.25) is 0 Å². The molecule has 0 aliphatic carbocycles. The summed E-state index contributed by atoms with van der Waals surface area (Å²) in [5, 5.41) is 5.06. The second-order valence-corrected chi connectivity index (χ2v) is 11.6. The quantitative estimate of drug-likeness (QED) is 0.198. The lowest BCUT2D eigenvalue weighted by molar-refractivity contribution is 0.0341. The first-order valence-corrected chi connectivity index (χ1v) is 13.6. The fourth-order valence-corrected chi connectivity index (χ4v) is 7.68. The lowest BCUT2D eigenvalue weighted by atomic mass is 10.1. The molecule has 4 N–H and O–H groups in total. The van der Waals surface area contributed by atoms with Crippen LogP contribution in [0.15, 0.2) is 59.3 Å². The lowest BCUT2D eigenvalue weighted by Gasteiger charge is -2.16. The van der Waals surface area contributed by atoms with Crippen LogP contribution >= 0.6 is 10.8 Å². The average molecular weight is 522 g/mol. The van der Waals surface area contributed by atoms with Gasteiger partial charge in [0.2, 0.25) is 0 Å². The second kappa shape index (κ2) is 9.00. The number of nitrogen functional groups attached to an aromatic ring is 2. The van der Waals surface area contributed by atoms with Crippen molar-refractivity contribution >= 4 is 60.9 Å². The Morgan fingerprint density at radius 3 is 2.89 bits per heavy atom. The Morgan fingerprint density at radius 2 is 2.06 bits per heavy atom. The normalized spacial score (nSPS) is 19.8. The van der Waals surface area contributed by atoms with E-state index in [1.807, 2.05) is 12.1 Å². The van der Waals surface area contributed by atoms with Crippen molar-refractivity contribution in [2.75, 3.05) is 17.2 Å². The van der Waals surface area contributed by atoms with Crippen LogP contribution in [0, 0.1) is 0 Å². The first-order chi connectivity index (χ1) is 17.5. The first-order valence-electron chi connectivity index (χ1n) is 10.9. The zero-order valence-electron chi connectivity index (χ0n) is 18.6. The first kappa shape index (κ1) is 22.6. The molecular formula is C23H19N7O4S2. The van der Waals surface area contributed by atoms with Crippen LogP contribution in [0.3, 0.4) is 0 Å². The minimum Gasteiger partial charge on any atom is -0.605 e. The molecule has 0 radical (unpaired) electrons. The lowest BCUT2D eigenvalue weighted by Crippen LogP contribution is -2.31. The molecule has 0 bridgehead atoms. The van der Waals surface area contributed by atoms with E-state index in [1.54, 1.807) is 41.1 Å². The van der Waals surface area contributed by atoms with Gasteiger partial charge in [-0.15, -0.1) is 0 Å². The Labute approximate surface area is 210 Å². The van der Waals surface area contributed by atoms with E-state index >= 15 is 0 Å². The number of benzene rings is 2. The van der Waals surface area contributed by atoms with E-state index in [4.69, 9.17) is 25.7 Å². The van der Waals surface area contributed by atoms with Crippen molar-refractivity contribution in [3.05, 3.63) is 60.4 Å². The predicted molar refractivity (Wildman–Crippen MR) is 137 cm³/mol. The van der Waals surface area contributed by atoms with Gasteiger partial charge in [-0.25, -0.2) is 19.4 Å². The molecule has 182 valence electrons. The number of nitrogens with zero attached hydrogens (tertiary/aromatic N) is 5. The number of hydrogen-bond acceptors (Lipinski definition) is 11. The highest BCUT2D eigenvalue weighted by atomic mass is 33.1. The van der Waals surface area contributed by atoms with E-state index in [-0.39, 0.29) is 22.8 Å². The number of carbonyl (C=O) groups excluding carboxylic acids is 1. The SMILES string of the molecule is Nc1nc2cc(-c3nn(CC4S[S+]([O-])CC4OC(=O)c4ccccc4)c4ncnc(N)c34)ccc2o1. The summed E-state index contributed by atoms with van der Waals surface area (Å²) in [5.74, 6) is 0.0556. The molecule has 5 aromatic rings. The molecule has 3 aromatic heterocycles. The van der Waals surface area contributed by atoms with Crippen LogP contribution in [0.5, 0.6) is 0 Å². The molecule has 2 aromatic carbocycles. The molecule has 4 heterocycles. The number of oxazole rings is 1. The third kappa shape index (κ3) is 4.10. The zero-order valence-corrected chi connectivity index (χ0v) is 20.2. The summed E-state index contributed by atoms with van der Waals surface area (Å²) in [6, 6.07) is 14.2. The number of hydrogen-bond donors (Lipinski definition) is 2. The zero-order chi connectivity index (χ0) is 24.8. The van der Waals surface area contributed by atoms with Crippen LogP contribution in [0.4, 0.5) is 11.8 Å². The number of nitrogens with two attached hydrogens (primary N) is 2. The smallest absolute Gasteiger partial charge is 0.338 e. The Hall–Kier alpha value is -3.81. The summed E-state index contributed by atoms with van der Waals surface area (Å²) in [7, 11) is 0.0515. The minimum absolute atomic E-state index is 0.0720. The van der Waals surface area contributed by atoms with Crippen molar-refractivity contribution in [3.63, 3.8) is 0 Å². The van der Waals surface area contributed by atoms with Gasteiger partial charge in [-0.2, -0.15) is 10.1 Å². The van der Waals surface area contributed by atoms with E-state index in [0.717, 1.165) is 5.56 Å². The summed E-state index contributed by atoms with van der Waals surface area (Å²) in [6.07, 6.45) is 0.813. The molecule has 6 rings (SSSR count). The molecule has 0 amide bonds. The number of ether oxygens (including phenoxy) is 1. The number of esters is 1. The summed E-state index contributed by atoms with van der Waals surface area (Å²) in [6.45, 7) is 0.301. The average Bonchev–Trinajstić information content (AvgIpc) is 3.54. The van der Waals surface area contributed by atoms with Crippen LogP contribution in [-0.4, -0.2) is 52.4 Å². The van der Waals surface area contributed by atoms with Gasteiger partial charge in [0.1, 0.15) is 28.6 Å². The van der Waals surface area contributed by atoms with Gasteiger partial charge >= 0.3 is 5.97 Å². The van der Waals surface area contributed by atoms with Crippen LogP contribution in [0.1, 0.15) is 10.4 Å². The summed E-state index contributed by atoms with van der Waals surface area (Å²) < 4.78 is 25.2. The van der Waals surface area contributed by atoms with Crippen LogP contribution in [-0.2, 0) is 21.5 Å². The molecule has 0 saturated carbocycles. The third-order valence-corrected chi connectivity index (χ3v) is 9.11. The minimum atomic E-state index is -1.20. The number of anilines is 2. The Morgan fingerprint density at radius 1 is 1.22 bits per heavy atom. The Kier molecular flexibility index (Phi) is 5.66. The Bertz CT molecular complexity index is 1590. The molecule has 13 heteroatoms. The maximum Gasteiger partial charge on any atom is 0.338 e. The summed E-state index contributed by atoms with van der Waals surface area (Å²) >= 11 is 0. The van der Waals surface area contributed by atoms with Gasteiger partial charge in [-0.05, 0) is 30.3 Å². The van der Waals surface area contributed by atoms with Gasteiger partial charge < -0.3 is 25.2 Å². The molecular weight excluding hydrogens is 502 g/mol. The van der Waals surface area contributed by atoms with Gasteiger partial charge in [0.25, 0.3) is 6.01 Å². The van der Waals surface area contributed by atoms with Crippen molar-refractivity contribution in [1.29, 1.82) is 0 Å². The summed E-state index contributed by atoms with van der Waals surface area (Å²) in [5.41, 5.74) is 15.3. The fraction of sp³-hybridized carbons (Fsp3) is 0.174. The van der Waals surface area contributed by atoms with Gasteiger partial charge in [0.15, 0.2) is 23.1 Å². The van der Waals surface area contributed by atoms with Crippen LogP contribution in [0.25, 0.3) is 33.4 Å². The van der Waals surface area contributed by atoms with E-state index < -0.39 is 22.3 Å². The molecule has 1 aliphatic rings. The highest BCUT2D eigenvalue weighted by Gasteiger charge is 2.43. The van der Waals surface area contributed by atoms with Crippen molar-refractivity contribution in [2.24, 2.45) is 0 Å². The maximum absolute atomic E-state index is 12.6. The van der Waals surface area contributed by atoms with Gasteiger partial charge in [0, 0.05) is 15.8 Å². The Balaban J connectivity index is 1.34. The fourth-order valence-electron chi connectivity index (χ4n) is 4.14. The van der Waals surface area contributed by atoms with Gasteiger partial charge in [-0.3, -0.25) is 0 Å². The van der Waals surface area contributed by atoms with Crippen molar-refractivity contribution in [1.82, 2.24) is 24.7 Å². The molecule has 1 aliphatic heterocycles. The van der Waals surface area contributed by atoms with Gasteiger partial charge in [0.05, 0.1) is 28.3 Å². The van der Waals surface area contributed by atoms with Crippen LogP contribution < -0.4 is 11.5 Å². The highest BCUT2D eigenvalue weighted by Crippen LogP contribution is 2.37. The largest absolute Gasteiger partial charge is 0.605 e. The van der Waals surface area contributed by atoms with Gasteiger partial charge in [-0.1, -0.05) is 18.2 Å². The molecule has 3 unspecified atom stereocenters.